The summed E-state index contributed by atoms with van der Waals surface area (Å²) in [6.45, 7) is 6.77. The number of hydrogen-bond donors (Lipinski definition) is 0. The molecule has 158 valence electrons. The van der Waals surface area contributed by atoms with Crippen molar-refractivity contribution in [2.45, 2.75) is 52.9 Å². The topological polar surface area (TPSA) is 17.3 Å². The molecule has 0 radical (unpaired) electrons. The van der Waals surface area contributed by atoms with Gasteiger partial charge in [-0.05, 0) is 78.9 Å². The second-order valence-electron chi connectivity index (χ2n) is 10.1. The fourth-order valence-corrected chi connectivity index (χ4v) is 6.57. The Morgan fingerprint density at radius 1 is 0.875 bits per heavy atom. The van der Waals surface area contributed by atoms with Crippen molar-refractivity contribution in [3.05, 3.63) is 70.9 Å². The van der Waals surface area contributed by atoms with E-state index in [0.29, 0.717) is 0 Å². The molecule has 0 amide bonds. The highest BCUT2D eigenvalue weighted by atomic mass is 14.9. The smallest absolute Gasteiger partial charge is 0.0822 e. The first kappa shape index (κ1) is 18.4. The molecule has 2 heteroatoms. The van der Waals surface area contributed by atoms with Crippen LogP contribution < -0.4 is 0 Å². The molecule has 0 spiro atoms. The molecular weight excluding hydrogens is 388 g/mol. The minimum atomic E-state index is 0.820. The molecule has 6 aromatic rings. The van der Waals surface area contributed by atoms with E-state index in [2.05, 4.69) is 67.6 Å². The van der Waals surface area contributed by atoms with Crippen molar-refractivity contribution in [1.29, 1.82) is 0 Å². The van der Waals surface area contributed by atoms with Gasteiger partial charge in [-0.2, -0.15) is 0 Å². The summed E-state index contributed by atoms with van der Waals surface area (Å²) in [6, 6.07) is 16.1. The van der Waals surface area contributed by atoms with Crippen molar-refractivity contribution in [3.8, 4) is 0 Å². The maximum atomic E-state index is 4.96. The van der Waals surface area contributed by atoms with Crippen LogP contribution in [0.2, 0.25) is 0 Å². The third-order valence-electron chi connectivity index (χ3n) is 8.33. The van der Waals surface area contributed by atoms with Crippen LogP contribution >= 0.6 is 0 Å². The van der Waals surface area contributed by atoms with E-state index in [1.165, 1.54) is 97.8 Å². The van der Waals surface area contributed by atoms with Gasteiger partial charge in [0.05, 0.1) is 22.1 Å². The molecule has 2 nitrogen and oxygen atoms in total. The summed E-state index contributed by atoms with van der Waals surface area (Å²) in [7, 11) is 0. The van der Waals surface area contributed by atoms with Crippen LogP contribution in [0.4, 0.5) is 0 Å². The van der Waals surface area contributed by atoms with Crippen LogP contribution in [0.5, 0.6) is 0 Å². The summed E-state index contributed by atoms with van der Waals surface area (Å²) in [4.78, 5) is 4.96. The maximum absolute atomic E-state index is 4.96. The number of pyridine rings is 2. The minimum absolute atomic E-state index is 0.820. The molecule has 0 N–H and O–H groups in total. The Labute approximate surface area is 188 Å². The third-order valence-corrected chi connectivity index (χ3v) is 8.33. The quantitative estimate of drug-likeness (QED) is 0.206. The van der Waals surface area contributed by atoms with Crippen LogP contribution in [0.15, 0.2) is 48.7 Å². The van der Waals surface area contributed by atoms with Crippen molar-refractivity contribution in [3.63, 3.8) is 0 Å². The molecule has 3 aromatic heterocycles. The lowest BCUT2D eigenvalue weighted by atomic mass is 9.91. The summed E-state index contributed by atoms with van der Waals surface area (Å²) in [6.07, 6.45) is 8.73. The van der Waals surface area contributed by atoms with E-state index in [4.69, 9.17) is 4.98 Å². The van der Waals surface area contributed by atoms with Crippen LogP contribution in [0.1, 0.15) is 47.9 Å². The van der Waals surface area contributed by atoms with Gasteiger partial charge in [0.1, 0.15) is 0 Å². The zero-order valence-corrected chi connectivity index (χ0v) is 19.1. The van der Waals surface area contributed by atoms with Crippen molar-refractivity contribution in [1.82, 2.24) is 9.38 Å². The van der Waals surface area contributed by atoms with Gasteiger partial charge < -0.3 is 4.40 Å². The molecule has 0 bridgehead atoms. The molecule has 7 rings (SSSR count). The number of hydrogen-bond acceptors (Lipinski definition) is 1. The highest BCUT2D eigenvalue weighted by molar-refractivity contribution is 6.28. The summed E-state index contributed by atoms with van der Waals surface area (Å²) in [5.74, 6) is 0.820. The van der Waals surface area contributed by atoms with Gasteiger partial charge in [-0.15, -0.1) is 0 Å². The largest absolute Gasteiger partial charge is 0.308 e. The van der Waals surface area contributed by atoms with Gasteiger partial charge in [-0.3, -0.25) is 4.98 Å². The Morgan fingerprint density at radius 3 is 2.53 bits per heavy atom. The summed E-state index contributed by atoms with van der Waals surface area (Å²) < 4.78 is 2.57. The number of aryl methyl sites for hydroxylation is 2. The van der Waals surface area contributed by atoms with Crippen molar-refractivity contribution in [2.75, 3.05) is 0 Å². The van der Waals surface area contributed by atoms with Crippen LogP contribution in [0, 0.1) is 26.7 Å². The highest BCUT2D eigenvalue weighted by Crippen LogP contribution is 2.44. The van der Waals surface area contributed by atoms with Crippen molar-refractivity contribution < 1.29 is 0 Å². The monoisotopic (exact) mass is 416 g/mol. The van der Waals surface area contributed by atoms with E-state index < -0.39 is 0 Å². The van der Waals surface area contributed by atoms with E-state index in [0.717, 1.165) is 11.4 Å². The van der Waals surface area contributed by atoms with Gasteiger partial charge in [0.2, 0.25) is 0 Å². The zero-order valence-electron chi connectivity index (χ0n) is 19.1. The maximum Gasteiger partial charge on any atom is 0.0822 e. The molecule has 0 unspecified atom stereocenters. The summed E-state index contributed by atoms with van der Waals surface area (Å²) >= 11 is 0. The number of aromatic nitrogens is 2. The van der Waals surface area contributed by atoms with Gasteiger partial charge >= 0.3 is 0 Å². The first-order valence-electron chi connectivity index (χ1n) is 12.1. The first-order valence-corrected chi connectivity index (χ1v) is 12.1. The number of nitrogens with zero attached hydrogens (tertiary/aromatic N) is 2. The number of para-hydroxylation sites is 1. The van der Waals surface area contributed by atoms with Gasteiger partial charge in [-0.1, -0.05) is 49.9 Å². The Balaban J connectivity index is 1.78. The standard InChI is InChI=1S/C30H28N2/c1-17-14-24-28-27-21(12-13-31-28)16-22(15-20-8-4-5-9-20)26-23-10-6-7-11-25(23)32(30(26)27)29(24)19(3)18(17)2/h6-7,10-14,16,20H,4-5,8-9,15H2,1-3H3. The highest BCUT2D eigenvalue weighted by Gasteiger charge is 2.24. The zero-order chi connectivity index (χ0) is 21.6. The number of fused-ring (bicyclic) bond motifs is 6. The molecule has 0 aliphatic heterocycles. The summed E-state index contributed by atoms with van der Waals surface area (Å²) in [5.41, 5.74) is 10.8. The molecule has 1 aliphatic carbocycles. The fraction of sp³-hybridized carbons (Fsp3) is 0.300. The number of benzene rings is 3. The average molecular weight is 417 g/mol. The second-order valence-corrected chi connectivity index (χ2v) is 10.1. The Kier molecular flexibility index (Phi) is 3.72. The van der Waals surface area contributed by atoms with Gasteiger partial charge in [0, 0.05) is 27.7 Å². The van der Waals surface area contributed by atoms with Crippen molar-refractivity contribution >= 4 is 49.0 Å². The SMILES string of the molecule is Cc1cc2c3nccc4cc(CC5CCCC5)c5c6ccccc6n(c2c(C)c1C)c5c43. The third kappa shape index (κ3) is 2.28. The molecule has 0 saturated heterocycles. The lowest BCUT2D eigenvalue weighted by Crippen LogP contribution is -2.02. The van der Waals surface area contributed by atoms with E-state index in [-0.39, 0.29) is 0 Å². The van der Waals surface area contributed by atoms with Gasteiger partial charge in [-0.25, -0.2) is 0 Å². The average Bonchev–Trinajstić information content (AvgIpc) is 3.43. The fourth-order valence-electron chi connectivity index (χ4n) is 6.57. The van der Waals surface area contributed by atoms with E-state index in [1.807, 2.05) is 6.20 Å². The molecular formula is C30H28N2. The Hall–Kier alpha value is -3.13. The lowest BCUT2D eigenvalue weighted by molar-refractivity contribution is 0.549. The second kappa shape index (κ2) is 6.45. The first-order chi connectivity index (χ1) is 15.6. The predicted molar refractivity (Wildman–Crippen MR) is 136 cm³/mol. The van der Waals surface area contributed by atoms with Gasteiger partial charge in [0.15, 0.2) is 0 Å². The molecule has 32 heavy (non-hydrogen) atoms. The van der Waals surface area contributed by atoms with Crippen molar-refractivity contribution in [2.24, 2.45) is 5.92 Å². The molecule has 1 aliphatic rings. The van der Waals surface area contributed by atoms with Crippen LogP contribution in [0.25, 0.3) is 49.0 Å². The molecule has 1 fully saturated rings. The molecule has 3 heterocycles. The van der Waals surface area contributed by atoms with Crippen LogP contribution in [0.3, 0.4) is 0 Å². The Bertz CT molecular complexity index is 1680. The van der Waals surface area contributed by atoms with Gasteiger partial charge in [0.25, 0.3) is 0 Å². The van der Waals surface area contributed by atoms with Crippen LogP contribution in [-0.2, 0) is 6.42 Å². The molecule has 1 saturated carbocycles. The van der Waals surface area contributed by atoms with E-state index in [1.54, 1.807) is 0 Å². The van der Waals surface area contributed by atoms with E-state index >= 15 is 0 Å². The van der Waals surface area contributed by atoms with E-state index in [9.17, 15) is 0 Å². The summed E-state index contributed by atoms with van der Waals surface area (Å²) in [5, 5.41) is 6.77. The minimum Gasteiger partial charge on any atom is -0.308 e. The lowest BCUT2D eigenvalue weighted by Gasteiger charge is -2.18. The molecule has 0 atom stereocenters. The Morgan fingerprint density at radius 2 is 1.69 bits per heavy atom. The number of rotatable bonds is 2. The van der Waals surface area contributed by atoms with Crippen LogP contribution in [-0.4, -0.2) is 9.38 Å². The normalized spacial score (nSPS) is 15.5. The molecule has 3 aromatic carbocycles. The predicted octanol–water partition coefficient (Wildman–Crippen LogP) is 8.04.